The molecule has 1 N–H and O–H groups in total. The Morgan fingerprint density at radius 1 is 1.04 bits per heavy atom. The number of nitriles is 1. The number of hydrogen-bond donors (Lipinski definition) is 1. The van der Waals surface area contributed by atoms with Gasteiger partial charge in [-0.2, -0.15) is 5.26 Å². The Morgan fingerprint density at radius 2 is 1.86 bits per heavy atom. The van der Waals surface area contributed by atoms with E-state index in [9.17, 15) is 5.26 Å². The number of rotatable bonds is 4. The minimum atomic E-state index is 0.494. The number of pyridine rings is 1. The zero-order valence-electron chi connectivity index (χ0n) is 15.6. The van der Waals surface area contributed by atoms with Gasteiger partial charge < -0.3 is 5.32 Å². The standard InChI is InChI=1S/C23H18N4S/c1-15-6-9-17(10-7-15)21-14-28-23(27-21)19(12-24)13-25-20-5-3-4-18-11-8-16(2)26-22(18)20/h3-11,13-14,25H,1-2H3/b19-13+. The predicted molar refractivity (Wildman–Crippen MR) is 116 cm³/mol. The van der Waals surface area contributed by atoms with Crippen LogP contribution in [0.3, 0.4) is 0 Å². The van der Waals surface area contributed by atoms with Gasteiger partial charge in [0.25, 0.3) is 0 Å². The first-order valence-electron chi connectivity index (χ1n) is 8.90. The summed E-state index contributed by atoms with van der Waals surface area (Å²) in [7, 11) is 0. The average molecular weight is 382 g/mol. The van der Waals surface area contributed by atoms with E-state index in [1.807, 2.05) is 54.8 Å². The number of thiazole rings is 1. The van der Waals surface area contributed by atoms with Crippen LogP contribution in [0, 0.1) is 25.2 Å². The van der Waals surface area contributed by atoms with Crippen LogP contribution in [-0.2, 0) is 0 Å². The number of nitrogens with zero attached hydrogens (tertiary/aromatic N) is 3. The molecule has 0 unspecified atom stereocenters. The molecule has 0 saturated carbocycles. The van der Waals surface area contributed by atoms with Gasteiger partial charge in [0.15, 0.2) is 0 Å². The fraction of sp³-hybridized carbons (Fsp3) is 0.0870. The van der Waals surface area contributed by atoms with Gasteiger partial charge in [-0.25, -0.2) is 4.98 Å². The third-order valence-electron chi connectivity index (χ3n) is 4.43. The molecule has 0 saturated heterocycles. The molecular formula is C23H18N4S. The molecule has 2 aromatic heterocycles. The lowest BCUT2D eigenvalue weighted by molar-refractivity contribution is 1.25. The molecule has 0 atom stereocenters. The van der Waals surface area contributed by atoms with Gasteiger partial charge in [-0.15, -0.1) is 11.3 Å². The number of anilines is 1. The second kappa shape index (κ2) is 7.63. The highest BCUT2D eigenvalue weighted by Gasteiger charge is 2.09. The molecule has 28 heavy (non-hydrogen) atoms. The first-order chi connectivity index (χ1) is 13.6. The second-order valence-corrected chi connectivity index (χ2v) is 7.41. The van der Waals surface area contributed by atoms with Crippen LogP contribution in [0.5, 0.6) is 0 Å². The number of aryl methyl sites for hydroxylation is 2. The van der Waals surface area contributed by atoms with E-state index >= 15 is 0 Å². The normalized spacial score (nSPS) is 11.4. The number of para-hydroxylation sites is 1. The molecule has 0 aliphatic rings. The third-order valence-corrected chi connectivity index (χ3v) is 5.31. The predicted octanol–water partition coefficient (Wildman–Crippen LogP) is 5.95. The minimum absolute atomic E-state index is 0.494. The van der Waals surface area contributed by atoms with Gasteiger partial charge in [0.05, 0.1) is 16.9 Å². The van der Waals surface area contributed by atoms with Crippen LogP contribution in [0.2, 0.25) is 0 Å². The van der Waals surface area contributed by atoms with Crippen molar-refractivity contribution in [1.82, 2.24) is 9.97 Å². The summed E-state index contributed by atoms with van der Waals surface area (Å²) in [5.41, 5.74) is 6.33. The summed E-state index contributed by atoms with van der Waals surface area (Å²) < 4.78 is 0. The monoisotopic (exact) mass is 382 g/mol. The highest BCUT2D eigenvalue weighted by molar-refractivity contribution is 7.11. The molecular weight excluding hydrogens is 364 g/mol. The Balaban J connectivity index is 1.63. The summed E-state index contributed by atoms with van der Waals surface area (Å²) in [6.07, 6.45) is 1.70. The quantitative estimate of drug-likeness (QED) is 0.443. The molecule has 0 aliphatic carbocycles. The number of hydrogen-bond acceptors (Lipinski definition) is 5. The largest absolute Gasteiger partial charge is 0.359 e. The van der Waals surface area contributed by atoms with E-state index in [0.717, 1.165) is 33.5 Å². The average Bonchev–Trinajstić information content (AvgIpc) is 3.19. The van der Waals surface area contributed by atoms with Crippen molar-refractivity contribution >= 4 is 33.5 Å². The number of benzene rings is 2. The van der Waals surface area contributed by atoms with Crippen LogP contribution in [0.15, 0.2) is 66.2 Å². The van der Waals surface area contributed by atoms with Crippen molar-refractivity contribution in [2.24, 2.45) is 0 Å². The van der Waals surface area contributed by atoms with Crippen molar-refractivity contribution in [3.8, 4) is 17.3 Å². The summed E-state index contributed by atoms with van der Waals surface area (Å²) in [5.74, 6) is 0. The summed E-state index contributed by atoms with van der Waals surface area (Å²) in [6, 6.07) is 20.5. The molecule has 4 aromatic rings. The first-order valence-corrected chi connectivity index (χ1v) is 9.78. The molecule has 0 aliphatic heterocycles. The summed E-state index contributed by atoms with van der Waals surface area (Å²) in [6.45, 7) is 4.02. The Morgan fingerprint density at radius 3 is 2.64 bits per heavy atom. The second-order valence-electron chi connectivity index (χ2n) is 6.55. The highest BCUT2D eigenvalue weighted by Crippen LogP contribution is 2.27. The minimum Gasteiger partial charge on any atom is -0.359 e. The topological polar surface area (TPSA) is 61.6 Å². The van der Waals surface area contributed by atoms with E-state index in [-0.39, 0.29) is 0 Å². The van der Waals surface area contributed by atoms with Crippen LogP contribution in [0.4, 0.5) is 5.69 Å². The SMILES string of the molecule is Cc1ccc(-c2csc(/C(C#N)=C/Nc3cccc4ccc(C)nc34)n2)cc1. The summed E-state index contributed by atoms with van der Waals surface area (Å²) >= 11 is 1.46. The van der Waals surface area contributed by atoms with Gasteiger partial charge in [0, 0.05) is 28.2 Å². The fourth-order valence-electron chi connectivity index (χ4n) is 2.91. The number of nitrogens with one attached hydrogen (secondary N) is 1. The van der Waals surface area contributed by atoms with E-state index in [1.54, 1.807) is 6.20 Å². The van der Waals surface area contributed by atoms with E-state index in [1.165, 1.54) is 16.9 Å². The van der Waals surface area contributed by atoms with E-state index in [0.29, 0.717) is 10.6 Å². The van der Waals surface area contributed by atoms with Gasteiger partial charge in [0.1, 0.15) is 16.6 Å². The van der Waals surface area contributed by atoms with Crippen molar-refractivity contribution in [3.63, 3.8) is 0 Å². The van der Waals surface area contributed by atoms with Crippen molar-refractivity contribution in [1.29, 1.82) is 5.26 Å². The number of aromatic nitrogens is 2. The zero-order valence-corrected chi connectivity index (χ0v) is 16.4. The molecule has 4 rings (SSSR count). The lowest BCUT2D eigenvalue weighted by Crippen LogP contribution is -1.94. The molecule has 0 amide bonds. The third kappa shape index (κ3) is 3.64. The van der Waals surface area contributed by atoms with Gasteiger partial charge in [-0.05, 0) is 26.0 Å². The molecule has 4 nitrogen and oxygen atoms in total. The van der Waals surface area contributed by atoms with Gasteiger partial charge in [-0.1, -0.05) is 48.0 Å². The molecule has 0 fully saturated rings. The van der Waals surface area contributed by atoms with Crippen molar-refractivity contribution in [3.05, 3.63) is 82.4 Å². The maximum atomic E-state index is 9.62. The van der Waals surface area contributed by atoms with Gasteiger partial charge in [-0.3, -0.25) is 4.98 Å². The fourth-order valence-corrected chi connectivity index (χ4v) is 3.70. The van der Waals surface area contributed by atoms with Crippen LogP contribution in [0.25, 0.3) is 27.7 Å². The maximum Gasteiger partial charge on any atom is 0.136 e. The molecule has 0 radical (unpaired) electrons. The molecule has 5 heteroatoms. The molecule has 2 heterocycles. The van der Waals surface area contributed by atoms with E-state index < -0.39 is 0 Å². The van der Waals surface area contributed by atoms with Crippen LogP contribution >= 0.6 is 11.3 Å². The number of allylic oxidation sites excluding steroid dienone is 1. The Labute approximate surface area is 167 Å². The maximum absolute atomic E-state index is 9.62. The van der Waals surface area contributed by atoms with Crippen LogP contribution in [-0.4, -0.2) is 9.97 Å². The Hall–Kier alpha value is -3.49. The lowest BCUT2D eigenvalue weighted by atomic mass is 10.1. The lowest BCUT2D eigenvalue weighted by Gasteiger charge is -2.06. The van der Waals surface area contributed by atoms with Crippen molar-refractivity contribution in [2.45, 2.75) is 13.8 Å². The zero-order chi connectivity index (χ0) is 19.5. The molecule has 2 aromatic carbocycles. The van der Waals surface area contributed by atoms with Gasteiger partial charge in [0.2, 0.25) is 0 Å². The summed E-state index contributed by atoms with van der Waals surface area (Å²) in [4.78, 5) is 9.26. The van der Waals surface area contributed by atoms with Gasteiger partial charge >= 0.3 is 0 Å². The van der Waals surface area contributed by atoms with Crippen molar-refractivity contribution < 1.29 is 0 Å². The molecule has 0 spiro atoms. The molecule has 0 bridgehead atoms. The highest BCUT2D eigenvalue weighted by atomic mass is 32.1. The van der Waals surface area contributed by atoms with E-state index in [2.05, 4.69) is 40.4 Å². The number of fused-ring (bicyclic) bond motifs is 1. The molecule has 136 valence electrons. The van der Waals surface area contributed by atoms with Crippen LogP contribution in [0.1, 0.15) is 16.3 Å². The Kier molecular flexibility index (Phi) is 4.88. The van der Waals surface area contributed by atoms with Crippen molar-refractivity contribution in [2.75, 3.05) is 5.32 Å². The smallest absolute Gasteiger partial charge is 0.136 e. The van der Waals surface area contributed by atoms with E-state index in [4.69, 9.17) is 0 Å². The first kappa shape index (κ1) is 17.9. The Bertz CT molecular complexity index is 1210. The van der Waals surface area contributed by atoms with Crippen LogP contribution < -0.4 is 5.32 Å². The summed E-state index contributed by atoms with van der Waals surface area (Å²) in [5, 5.41) is 16.6.